The number of rotatable bonds is 12. The van der Waals surface area contributed by atoms with Gasteiger partial charge in [-0.3, -0.25) is 4.79 Å². The van der Waals surface area contributed by atoms with Crippen molar-refractivity contribution < 1.29 is 30.3 Å². The molecular formula is C15H31NO6. The Hall–Kier alpha value is -0.730. The van der Waals surface area contributed by atoms with Crippen molar-refractivity contribution in [3.63, 3.8) is 0 Å². The molecule has 0 saturated heterocycles. The van der Waals surface area contributed by atoms with Crippen molar-refractivity contribution in [3.8, 4) is 0 Å². The van der Waals surface area contributed by atoms with Gasteiger partial charge < -0.3 is 30.4 Å². The molecule has 0 aliphatic heterocycles. The average molecular weight is 321 g/mol. The van der Waals surface area contributed by atoms with Crippen LogP contribution in [0, 0.1) is 0 Å². The second-order valence-electron chi connectivity index (χ2n) is 5.74. The fourth-order valence-corrected chi connectivity index (χ4v) is 2.12. The van der Waals surface area contributed by atoms with Gasteiger partial charge in [0.15, 0.2) is 0 Å². The Morgan fingerprint density at radius 1 is 0.955 bits per heavy atom. The molecule has 0 aliphatic rings. The summed E-state index contributed by atoms with van der Waals surface area (Å²) in [6.07, 6.45) is -0.701. The number of likely N-dealkylation sites (N-methyl/N-ethyl adjacent to an activating group) is 1. The molecule has 0 radical (unpaired) electrons. The SMILES string of the molecule is CCCCCCCC(=O)N(C)C[C@@H](O)[C@H](O)[C@H](O)[C@H](O)CO. The number of hydrogen-bond donors (Lipinski definition) is 5. The topological polar surface area (TPSA) is 121 Å². The highest BCUT2D eigenvalue weighted by molar-refractivity contribution is 5.75. The monoisotopic (exact) mass is 321 g/mol. The molecule has 0 rings (SSSR count). The lowest BCUT2D eigenvalue weighted by molar-refractivity contribution is -0.138. The molecule has 0 spiro atoms. The van der Waals surface area contributed by atoms with Gasteiger partial charge in [0.25, 0.3) is 0 Å². The summed E-state index contributed by atoms with van der Waals surface area (Å²) in [5.74, 6) is -0.139. The van der Waals surface area contributed by atoms with Crippen LogP contribution in [0.2, 0.25) is 0 Å². The molecule has 0 bridgehead atoms. The third-order valence-corrected chi connectivity index (χ3v) is 3.71. The Bertz CT molecular complexity index is 302. The molecule has 0 aliphatic carbocycles. The van der Waals surface area contributed by atoms with Crippen LogP contribution >= 0.6 is 0 Å². The summed E-state index contributed by atoms with van der Waals surface area (Å²) in [6, 6.07) is 0. The summed E-state index contributed by atoms with van der Waals surface area (Å²) in [4.78, 5) is 13.2. The maximum absolute atomic E-state index is 11.9. The first kappa shape index (κ1) is 21.3. The molecular weight excluding hydrogens is 290 g/mol. The maximum atomic E-state index is 11.9. The molecule has 0 aromatic rings. The zero-order valence-electron chi connectivity index (χ0n) is 13.6. The van der Waals surface area contributed by atoms with Gasteiger partial charge >= 0.3 is 0 Å². The maximum Gasteiger partial charge on any atom is 0.222 e. The van der Waals surface area contributed by atoms with E-state index in [9.17, 15) is 25.2 Å². The van der Waals surface area contributed by atoms with Crippen molar-refractivity contribution in [3.05, 3.63) is 0 Å². The van der Waals surface area contributed by atoms with Gasteiger partial charge in [0, 0.05) is 20.0 Å². The molecule has 5 N–H and O–H groups in total. The van der Waals surface area contributed by atoms with Gasteiger partial charge in [-0.1, -0.05) is 32.6 Å². The number of nitrogens with zero attached hydrogens (tertiary/aromatic N) is 1. The minimum absolute atomic E-state index is 0.139. The molecule has 7 heteroatoms. The van der Waals surface area contributed by atoms with E-state index in [2.05, 4.69) is 6.92 Å². The summed E-state index contributed by atoms with van der Waals surface area (Å²) < 4.78 is 0. The third-order valence-electron chi connectivity index (χ3n) is 3.71. The second kappa shape index (κ2) is 11.8. The Balaban J connectivity index is 4.11. The lowest BCUT2D eigenvalue weighted by Gasteiger charge is -2.28. The largest absolute Gasteiger partial charge is 0.394 e. The fourth-order valence-electron chi connectivity index (χ4n) is 2.12. The minimum atomic E-state index is -1.67. The van der Waals surface area contributed by atoms with Crippen molar-refractivity contribution in [2.24, 2.45) is 0 Å². The van der Waals surface area contributed by atoms with Crippen LogP contribution in [0.5, 0.6) is 0 Å². The van der Waals surface area contributed by atoms with Crippen LogP contribution in [0.3, 0.4) is 0 Å². The van der Waals surface area contributed by atoms with Crippen LogP contribution in [-0.2, 0) is 4.79 Å². The van der Waals surface area contributed by atoms with E-state index in [1.165, 1.54) is 11.9 Å². The van der Waals surface area contributed by atoms with E-state index in [1.807, 2.05) is 0 Å². The quantitative estimate of drug-likeness (QED) is 0.301. The van der Waals surface area contributed by atoms with Crippen LogP contribution in [0.25, 0.3) is 0 Å². The molecule has 22 heavy (non-hydrogen) atoms. The van der Waals surface area contributed by atoms with Gasteiger partial charge in [0.1, 0.15) is 24.4 Å². The molecule has 0 aromatic heterocycles. The number of amides is 1. The molecule has 0 saturated carbocycles. The molecule has 7 nitrogen and oxygen atoms in total. The van der Waals surface area contributed by atoms with Crippen LogP contribution < -0.4 is 0 Å². The molecule has 0 heterocycles. The summed E-state index contributed by atoms with van der Waals surface area (Å²) in [6.45, 7) is 1.25. The van der Waals surface area contributed by atoms with Gasteiger partial charge in [0.2, 0.25) is 5.91 Å². The van der Waals surface area contributed by atoms with Crippen LogP contribution in [0.1, 0.15) is 45.4 Å². The minimum Gasteiger partial charge on any atom is -0.394 e. The van der Waals surface area contributed by atoms with E-state index in [1.54, 1.807) is 0 Å². The molecule has 0 fully saturated rings. The van der Waals surface area contributed by atoms with Gasteiger partial charge in [-0.05, 0) is 6.42 Å². The van der Waals surface area contributed by atoms with E-state index < -0.39 is 31.0 Å². The summed E-state index contributed by atoms with van der Waals surface area (Å²) in [7, 11) is 1.51. The first-order valence-corrected chi connectivity index (χ1v) is 7.92. The third kappa shape index (κ3) is 8.05. The Labute approximate surface area is 132 Å². The molecule has 1 amide bonds. The summed E-state index contributed by atoms with van der Waals surface area (Å²) in [5, 5.41) is 46.9. The van der Waals surface area contributed by atoms with Crippen molar-refractivity contribution in [1.82, 2.24) is 4.90 Å². The number of carbonyl (C=O) groups is 1. The molecule has 0 unspecified atom stereocenters. The van der Waals surface area contributed by atoms with E-state index in [0.29, 0.717) is 6.42 Å². The normalized spacial score (nSPS) is 16.9. The van der Waals surface area contributed by atoms with E-state index in [-0.39, 0.29) is 12.5 Å². The summed E-state index contributed by atoms with van der Waals surface area (Å²) >= 11 is 0. The van der Waals surface area contributed by atoms with Gasteiger partial charge in [-0.25, -0.2) is 0 Å². The van der Waals surface area contributed by atoms with Crippen molar-refractivity contribution >= 4 is 5.91 Å². The fraction of sp³-hybridized carbons (Fsp3) is 0.933. The average Bonchev–Trinajstić information content (AvgIpc) is 2.51. The lowest BCUT2D eigenvalue weighted by Crippen LogP contribution is -2.49. The van der Waals surface area contributed by atoms with Gasteiger partial charge in [-0.15, -0.1) is 0 Å². The Kier molecular flexibility index (Phi) is 11.4. The van der Waals surface area contributed by atoms with Crippen molar-refractivity contribution in [1.29, 1.82) is 0 Å². The molecule has 132 valence electrons. The van der Waals surface area contributed by atoms with Crippen LogP contribution in [-0.4, -0.2) is 81.0 Å². The van der Waals surface area contributed by atoms with Crippen molar-refractivity contribution in [2.45, 2.75) is 69.9 Å². The predicted octanol–water partition coefficient (Wildman–Crippen LogP) is -0.759. The van der Waals surface area contributed by atoms with Gasteiger partial charge in [-0.2, -0.15) is 0 Å². The number of aliphatic hydroxyl groups excluding tert-OH is 5. The van der Waals surface area contributed by atoms with E-state index in [4.69, 9.17) is 5.11 Å². The summed E-state index contributed by atoms with van der Waals surface area (Å²) in [5.41, 5.74) is 0. The Morgan fingerprint density at radius 2 is 1.50 bits per heavy atom. The number of hydrogen-bond acceptors (Lipinski definition) is 6. The van der Waals surface area contributed by atoms with Crippen LogP contribution in [0.4, 0.5) is 0 Å². The number of carbonyl (C=O) groups excluding carboxylic acids is 1. The number of unbranched alkanes of at least 4 members (excludes halogenated alkanes) is 4. The molecule has 0 aromatic carbocycles. The van der Waals surface area contributed by atoms with Crippen LogP contribution in [0.15, 0.2) is 0 Å². The molecule has 4 atom stereocenters. The highest BCUT2D eigenvalue weighted by Crippen LogP contribution is 2.09. The van der Waals surface area contributed by atoms with E-state index in [0.717, 1.165) is 32.1 Å². The standard InChI is InChI=1S/C15H31NO6/c1-3-4-5-6-7-8-13(20)16(2)9-11(18)14(21)15(22)12(19)10-17/h11-12,14-15,17-19,21-22H,3-10H2,1-2H3/t11-,12-,14+,15-/m1/s1. The number of aliphatic hydroxyl groups is 5. The zero-order valence-corrected chi connectivity index (χ0v) is 13.6. The highest BCUT2D eigenvalue weighted by Gasteiger charge is 2.31. The van der Waals surface area contributed by atoms with Gasteiger partial charge in [0.05, 0.1) is 6.61 Å². The first-order valence-electron chi connectivity index (χ1n) is 7.92. The zero-order chi connectivity index (χ0) is 17.1. The second-order valence-corrected chi connectivity index (χ2v) is 5.74. The van der Waals surface area contributed by atoms with Crippen molar-refractivity contribution in [2.75, 3.05) is 20.2 Å². The first-order chi connectivity index (χ1) is 10.3. The Morgan fingerprint density at radius 3 is 2.05 bits per heavy atom. The highest BCUT2D eigenvalue weighted by atomic mass is 16.4. The van der Waals surface area contributed by atoms with E-state index >= 15 is 0 Å². The lowest BCUT2D eigenvalue weighted by atomic mass is 10.0. The predicted molar refractivity (Wildman–Crippen MR) is 82.1 cm³/mol. The smallest absolute Gasteiger partial charge is 0.222 e.